The van der Waals surface area contributed by atoms with E-state index in [0.717, 1.165) is 44.2 Å². The highest BCUT2D eigenvalue weighted by Crippen LogP contribution is 2.35. The minimum atomic E-state index is -0.520. The van der Waals surface area contributed by atoms with Crippen molar-refractivity contribution in [1.29, 1.82) is 0 Å². The molecule has 3 aromatic carbocycles. The van der Waals surface area contributed by atoms with Gasteiger partial charge in [-0.3, -0.25) is 0 Å². The summed E-state index contributed by atoms with van der Waals surface area (Å²) in [6, 6.07) is 20.6. The van der Waals surface area contributed by atoms with Crippen molar-refractivity contribution in [2.45, 2.75) is 20.0 Å². The van der Waals surface area contributed by atoms with Gasteiger partial charge in [0.2, 0.25) is 0 Å². The summed E-state index contributed by atoms with van der Waals surface area (Å²) in [6.45, 7) is 3.88. The SMILES string of the molecule is Cc1ccc(-c2cnc3c(-c4ccc(C(C)O)c5ccccc45)cnn3c2)cc1. The summed E-state index contributed by atoms with van der Waals surface area (Å²) in [4.78, 5) is 4.73. The lowest BCUT2D eigenvalue weighted by Crippen LogP contribution is -1.95. The summed E-state index contributed by atoms with van der Waals surface area (Å²) < 4.78 is 1.84. The van der Waals surface area contributed by atoms with Crippen LogP contribution in [-0.2, 0) is 0 Å². The maximum atomic E-state index is 10.1. The number of fused-ring (bicyclic) bond motifs is 2. The largest absolute Gasteiger partial charge is 0.389 e. The van der Waals surface area contributed by atoms with Crippen LogP contribution < -0.4 is 0 Å². The van der Waals surface area contributed by atoms with Crippen molar-refractivity contribution in [2.24, 2.45) is 0 Å². The Kier molecular flexibility index (Phi) is 4.14. The van der Waals surface area contributed by atoms with E-state index < -0.39 is 6.10 Å². The van der Waals surface area contributed by atoms with E-state index in [2.05, 4.69) is 54.5 Å². The van der Waals surface area contributed by atoms with Crippen molar-refractivity contribution in [1.82, 2.24) is 14.6 Å². The predicted molar refractivity (Wildman–Crippen MR) is 117 cm³/mol. The zero-order valence-corrected chi connectivity index (χ0v) is 16.4. The molecule has 0 bridgehead atoms. The number of aliphatic hydroxyl groups is 1. The van der Waals surface area contributed by atoms with Crippen LogP contribution in [0.1, 0.15) is 24.2 Å². The van der Waals surface area contributed by atoms with Crippen LogP contribution in [0.4, 0.5) is 0 Å². The van der Waals surface area contributed by atoms with Gasteiger partial charge in [0.1, 0.15) is 0 Å². The second-order valence-electron chi connectivity index (χ2n) is 7.46. The van der Waals surface area contributed by atoms with Crippen molar-refractivity contribution in [3.05, 3.63) is 90.4 Å². The smallest absolute Gasteiger partial charge is 0.162 e. The second-order valence-corrected chi connectivity index (χ2v) is 7.46. The fourth-order valence-corrected chi connectivity index (χ4v) is 3.88. The molecule has 1 N–H and O–H groups in total. The van der Waals surface area contributed by atoms with E-state index in [1.54, 1.807) is 6.92 Å². The Bertz CT molecular complexity index is 1330. The molecule has 2 heterocycles. The number of hydrogen-bond acceptors (Lipinski definition) is 3. The molecule has 4 nitrogen and oxygen atoms in total. The summed E-state index contributed by atoms with van der Waals surface area (Å²) in [5.74, 6) is 0. The predicted octanol–water partition coefficient (Wildman–Crippen LogP) is 5.58. The molecule has 4 heteroatoms. The first-order valence-electron chi connectivity index (χ1n) is 9.72. The molecule has 0 fully saturated rings. The minimum Gasteiger partial charge on any atom is -0.389 e. The maximum absolute atomic E-state index is 10.1. The molecule has 0 amide bonds. The number of rotatable bonds is 3. The lowest BCUT2D eigenvalue weighted by molar-refractivity contribution is 0.201. The third-order valence-corrected chi connectivity index (χ3v) is 5.44. The van der Waals surface area contributed by atoms with Gasteiger partial charge in [0.05, 0.1) is 12.3 Å². The van der Waals surface area contributed by atoms with E-state index in [1.165, 1.54) is 5.56 Å². The van der Waals surface area contributed by atoms with Gasteiger partial charge >= 0.3 is 0 Å². The molecule has 5 rings (SSSR count). The Balaban J connectivity index is 1.67. The highest BCUT2D eigenvalue weighted by molar-refractivity contribution is 6.01. The van der Waals surface area contributed by atoms with Gasteiger partial charge in [0.25, 0.3) is 0 Å². The Morgan fingerprint density at radius 2 is 1.59 bits per heavy atom. The second kappa shape index (κ2) is 6.83. The summed E-state index contributed by atoms with van der Waals surface area (Å²) in [6.07, 6.45) is 5.26. The molecule has 5 aromatic rings. The zero-order valence-electron chi connectivity index (χ0n) is 16.4. The Hall–Kier alpha value is -3.50. The lowest BCUT2D eigenvalue weighted by atomic mass is 9.94. The average molecular weight is 379 g/mol. The number of benzene rings is 3. The first-order chi connectivity index (χ1) is 14.1. The molecule has 2 aromatic heterocycles. The van der Waals surface area contributed by atoms with Gasteiger partial charge in [-0.1, -0.05) is 66.2 Å². The monoisotopic (exact) mass is 379 g/mol. The normalized spacial score (nSPS) is 12.5. The van der Waals surface area contributed by atoms with Gasteiger partial charge in [0, 0.05) is 23.5 Å². The molecule has 29 heavy (non-hydrogen) atoms. The van der Waals surface area contributed by atoms with E-state index in [4.69, 9.17) is 4.98 Å². The molecular weight excluding hydrogens is 358 g/mol. The quantitative estimate of drug-likeness (QED) is 0.445. The highest BCUT2D eigenvalue weighted by atomic mass is 16.3. The number of nitrogens with zero attached hydrogens (tertiary/aromatic N) is 3. The lowest BCUT2D eigenvalue weighted by Gasteiger charge is -2.12. The van der Waals surface area contributed by atoms with Crippen LogP contribution in [0.25, 0.3) is 38.7 Å². The van der Waals surface area contributed by atoms with Gasteiger partial charge in [0.15, 0.2) is 5.65 Å². The van der Waals surface area contributed by atoms with Crippen LogP contribution in [0.3, 0.4) is 0 Å². The van der Waals surface area contributed by atoms with Crippen LogP contribution in [0.2, 0.25) is 0 Å². The standard InChI is InChI=1S/C25H21N3O/c1-16-7-9-18(10-8-16)19-13-26-25-24(14-27-28(25)15-19)23-12-11-20(17(2)29)21-5-3-4-6-22(21)23/h3-15,17,29H,1-2H3. The molecule has 0 aliphatic heterocycles. The van der Waals surface area contributed by atoms with Crippen LogP contribution in [0.15, 0.2) is 79.3 Å². The summed E-state index contributed by atoms with van der Waals surface area (Å²) in [5, 5.41) is 16.8. The highest BCUT2D eigenvalue weighted by Gasteiger charge is 2.15. The Morgan fingerprint density at radius 1 is 0.828 bits per heavy atom. The molecule has 0 saturated heterocycles. The van der Waals surface area contributed by atoms with Crippen molar-refractivity contribution in [3.8, 4) is 22.3 Å². The number of aromatic nitrogens is 3. The fourth-order valence-electron chi connectivity index (χ4n) is 3.88. The van der Waals surface area contributed by atoms with E-state index in [1.807, 2.05) is 41.3 Å². The first kappa shape index (κ1) is 17.6. The Morgan fingerprint density at radius 3 is 2.34 bits per heavy atom. The number of hydrogen-bond donors (Lipinski definition) is 1. The van der Waals surface area contributed by atoms with Gasteiger partial charge in [-0.05, 0) is 41.3 Å². The molecule has 0 aliphatic carbocycles. The zero-order chi connectivity index (χ0) is 20.0. The third-order valence-electron chi connectivity index (χ3n) is 5.44. The third kappa shape index (κ3) is 2.98. The topological polar surface area (TPSA) is 50.4 Å². The summed E-state index contributed by atoms with van der Waals surface area (Å²) in [5.41, 5.74) is 7.17. The molecule has 1 atom stereocenters. The fraction of sp³-hybridized carbons (Fsp3) is 0.120. The maximum Gasteiger partial charge on any atom is 0.162 e. The molecular formula is C25H21N3O. The van der Waals surface area contributed by atoms with Gasteiger partial charge < -0.3 is 5.11 Å². The van der Waals surface area contributed by atoms with Gasteiger partial charge in [-0.15, -0.1) is 0 Å². The van der Waals surface area contributed by atoms with E-state index in [9.17, 15) is 5.11 Å². The van der Waals surface area contributed by atoms with Crippen molar-refractivity contribution in [2.75, 3.05) is 0 Å². The van der Waals surface area contributed by atoms with E-state index in [-0.39, 0.29) is 0 Å². The number of aliphatic hydroxyl groups excluding tert-OH is 1. The van der Waals surface area contributed by atoms with Gasteiger partial charge in [-0.2, -0.15) is 5.10 Å². The van der Waals surface area contributed by atoms with Crippen LogP contribution in [0, 0.1) is 6.92 Å². The molecule has 142 valence electrons. The summed E-state index contributed by atoms with van der Waals surface area (Å²) >= 11 is 0. The van der Waals surface area contributed by atoms with E-state index in [0.29, 0.717) is 0 Å². The van der Waals surface area contributed by atoms with Crippen molar-refractivity contribution in [3.63, 3.8) is 0 Å². The first-order valence-corrected chi connectivity index (χ1v) is 9.72. The molecule has 0 radical (unpaired) electrons. The van der Waals surface area contributed by atoms with E-state index >= 15 is 0 Å². The molecule has 0 saturated carbocycles. The van der Waals surface area contributed by atoms with Crippen molar-refractivity contribution >= 4 is 16.4 Å². The molecule has 1 unspecified atom stereocenters. The molecule has 0 aliphatic rings. The average Bonchev–Trinajstić information content (AvgIpc) is 3.16. The summed E-state index contributed by atoms with van der Waals surface area (Å²) in [7, 11) is 0. The molecule has 0 spiro atoms. The van der Waals surface area contributed by atoms with Gasteiger partial charge in [-0.25, -0.2) is 9.50 Å². The number of aryl methyl sites for hydroxylation is 1. The Labute approximate surface area is 169 Å². The van der Waals surface area contributed by atoms with Crippen LogP contribution >= 0.6 is 0 Å². The van der Waals surface area contributed by atoms with Crippen LogP contribution in [0.5, 0.6) is 0 Å². The minimum absolute atomic E-state index is 0.520. The van der Waals surface area contributed by atoms with Crippen molar-refractivity contribution < 1.29 is 5.11 Å². The van der Waals surface area contributed by atoms with Crippen LogP contribution in [-0.4, -0.2) is 19.7 Å².